The summed E-state index contributed by atoms with van der Waals surface area (Å²) in [5, 5.41) is 13.1. The molecule has 3 heteroatoms. The highest BCUT2D eigenvalue weighted by atomic mass is 19.1. The first-order valence-electron chi connectivity index (χ1n) is 5.90. The van der Waals surface area contributed by atoms with Gasteiger partial charge in [0.1, 0.15) is 5.82 Å². The van der Waals surface area contributed by atoms with Crippen LogP contribution in [0.4, 0.5) is 10.1 Å². The molecule has 2 N–H and O–H groups in total. The lowest BCUT2D eigenvalue weighted by molar-refractivity contribution is 0.191. The van der Waals surface area contributed by atoms with Crippen molar-refractivity contribution in [1.29, 1.82) is 0 Å². The molecule has 0 aliphatic rings. The van der Waals surface area contributed by atoms with Gasteiger partial charge in [-0.25, -0.2) is 4.39 Å². The number of anilines is 1. The second-order valence-electron chi connectivity index (χ2n) is 4.27. The lowest BCUT2D eigenvalue weighted by Crippen LogP contribution is -2.12. The van der Waals surface area contributed by atoms with Crippen molar-refractivity contribution in [2.45, 2.75) is 13.0 Å². The van der Waals surface area contributed by atoms with Gasteiger partial charge in [-0.3, -0.25) is 0 Å². The van der Waals surface area contributed by atoms with E-state index < -0.39 is 6.10 Å². The van der Waals surface area contributed by atoms with Gasteiger partial charge >= 0.3 is 0 Å². The minimum atomic E-state index is -0.722. The Morgan fingerprint density at radius 3 is 2.67 bits per heavy atom. The molecule has 1 unspecified atom stereocenters. The van der Waals surface area contributed by atoms with Crippen molar-refractivity contribution in [1.82, 2.24) is 0 Å². The Kier molecular flexibility index (Phi) is 3.95. The van der Waals surface area contributed by atoms with E-state index in [-0.39, 0.29) is 5.82 Å². The molecule has 0 bridgehead atoms. The summed E-state index contributed by atoms with van der Waals surface area (Å²) in [5.74, 6) is -0.331. The molecular weight excluding hydrogens is 229 g/mol. The first-order valence-corrected chi connectivity index (χ1v) is 5.90. The number of benzene rings is 2. The first-order chi connectivity index (χ1) is 8.66. The molecule has 0 heterocycles. The number of halogens is 1. The van der Waals surface area contributed by atoms with Crippen LogP contribution in [0, 0.1) is 12.7 Å². The van der Waals surface area contributed by atoms with Gasteiger partial charge < -0.3 is 10.4 Å². The van der Waals surface area contributed by atoms with Crippen molar-refractivity contribution in [3.8, 4) is 0 Å². The molecule has 18 heavy (non-hydrogen) atoms. The molecule has 0 saturated carbocycles. The van der Waals surface area contributed by atoms with Crippen LogP contribution in [-0.4, -0.2) is 11.7 Å². The molecule has 0 aliphatic carbocycles. The van der Waals surface area contributed by atoms with Gasteiger partial charge in [0.05, 0.1) is 6.10 Å². The van der Waals surface area contributed by atoms with E-state index in [9.17, 15) is 9.50 Å². The number of hydrogen-bond acceptors (Lipinski definition) is 2. The SMILES string of the molecule is Cc1ccccc1NCC(O)c1cccc(F)c1. The Morgan fingerprint density at radius 1 is 1.17 bits per heavy atom. The first kappa shape index (κ1) is 12.6. The van der Waals surface area contributed by atoms with Crippen molar-refractivity contribution >= 4 is 5.69 Å². The van der Waals surface area contributed by atoms with Crippen LogP contribution < -0.4 is 5.32 Å². The predicted molar refractivity (Wildman–Crippen MR) is 71.0 cm³/mol. The maximum atomic E-state index is 13.0. The highest BCUT2D eigenvalue weighted by Crippen LogP contribution is 2.17. The lowest BCUT2D eigenvalue weighted by Gasteiger charge is -2.14. The monoisotopic (exact) mass is 245 g/mol. The summed E-state index contributed by atoms with van der Waals surface area (Å²) < 4.78 is 13.0. The van der Waals surface area contributed by atoms with Gasteiger partial charge in [-0.15, -0.1) is 0 Å². The zero-order valence-electron chi connectivity index (χ0n) is 10.2. The summed E-state index contributed by atoms with van der Waals surface area (Å²) in [6, 6.07) is 13.9. The van der Waals surface area contributed by atoms with Crippen molar-refractivity contribution in [3.63, 3.8) is 0 Å². The standard InChI is InChI=1S/C15H16FNO/c1-11-5-2-3-8-14(11)17-10-15(18)12-6-4-7-13(16)9-12/h2-9,15,17-18H,10H2,1H3. The van der Waals surface area contributed by atoms with Crippen LogP contribution in [0.15, 0.2) is 48.5 Å². The highest BCUT2D eigenvalue weighted by molar-refractivity contribution is 5.50. The number of para-hydroxylation sites is 1. The molecule has 2 nitrogen and oxygen atoms in total. The molecule has 0 amide bonds. The summed E-state index contributed by atoms with van der Waals surface area (Å²) in [6.07, 6.45) is -0.722. The van der Waals surface area contributed by atoms with Gasteiger partial charge in [0.25, 0.3) is 0 Å². The van der Waals surface area contributed by atoms with E-state index in [1.54, 1.807) is 12.1 Å². The van der Waals surface area contributed by atoms with Crippen molar-refractivity contribution in [2.75, 3.05) is 11.9 Å². The van der Waals surface area contributed by atoms with Gasteiger partial charge in [0, 0.05) is 12.2 Å². The minimum Gasteiger partial charge on any atom is -0.387 e. The van der Waals surface area contributed by atoms with E-state index in [2.05, 4.69) is 5.32 Å². The van der Waals surface area contributed by atoms with Crippen LogP contribution in [0.25, 0.3) is 0 Å². The van der Waals surface area contributed by atoms with E-state index >= 15 is 0 Å². The zero-order valence-corrected chi connectivity index (χ0v) is 10.2. The van der Waals surface area contributed by atoms with Gasteiger partial charge in [0.2, 0.25) is 0 Å². The maximum absolute atomic E-state index is 13.0. The number of aliphatic hydroxyl groups is 1. The molecule has 0 fully saturated rings. The smallest absolute Gasteiger partial charge is 0.123 e. The van der Waals surface area contributed by atoms with Gasteiger partial charge in [-0.05, 0) is 36.2 Å². The molecule has 0 spiro atoms. The molecule has 0 radical (unpaired) electrons. The topological polar surface area (TPSA) is 32.3 Å². The zero-order chi connectivity index (χ0) is 13.0. The summed E-state index contributed by atoms with van der Waals surface area (Å²) in [6.45, 7) is 2.35. The Morgan fingerprint density at radius 2 is 1.94 bits per heavy atom. The summed E-state index contributed by atoms with van der Waals surface area (Å²) in [4.78, 5) is 0. The van der Waals surface area contributed by atoms with E-state index in [1.807, 2.05) is 31.2 Å². The van der Waals surface area contributed by atoms with Crippen molar-refractivity contribution in [2.24, 2.45) is 0 Å². The third-order valence-electron chi connectivity index (χ3n) is 2.86. The molecular formula is C15H16FNO. The molecule has 2 rings (SSSR count). The lowest BCUT2D eigenvalue weighted by atomic mass is 10.1. The fourth-order valence-electron chi connectivity index (χ4n) is 1.81. The second-order valence-corrected chi connectivity index (χ2v) is 4.27. The van der Waals surface area contributed by atoms with Crippen LogP contribution in [0.2, 0.25) is 0 Å². The van der Waals surface area contributed by atoms with Gasteiger partial charge in [-0.1, -0.05) is 30.3 Å². The molecule has 94 valence electrons. The number of hydrogen-bond donors (Lipinski definition) is 2. The van der Waals surface area contributed by atoms with E-state index in [4.69, 9.17) is 0 Å². The van der Waals surface area contributed by atoms with Gasteiger partial charge in [-0.2, -0.15) is 0 Å². The van der Waals surface area contributed by atoms with Crippen LogP contribution in [-0.2, 0) is 0 Å². The predicted octanol–water partition coefficient (Wildman–Crippen LogP) is 3.28. The normalized spacial score (nSPS) is 12.2. The maximum Gasteiger partial charge on any atom is 0.123 e. The van der Waals surface area contributed by atoms with Crippen LogP contribution in [0.5, 0.6) is 0 Å². The number of aryl methyl sites for hydroxylation is 1. The number of nitrogens with one attached hydrogen (secondary N) is 1. The summed E-state index contributed by atoms with van der Waals surface area (Å²) >= 11 is 0. The number of rotatable bonds is 4. The molecule has 0 saturated heterocycles. The van der Waals surface area contributed by atoms with E-state index in [0.29, 0.717) is 12.1 Å². The summed E-state index contributed by atoms with van der Waals surface area (Å²) in [7, 11) is 0. The van der Waals surface area contributed by atoms with Gasteiger partial charge in [0.15, 0.2) is 0 Å². The number of aliphatic hydroxyl groups excluding tert-OH is 1. The fourth-order valence-corrected chi connectivity index (χ4v) is 1.81. The fraction of sp³-hybridized carbons (Fsp3) is 0.200. The quantitative estimate of drug-likeness (QED) is 0.866. The molecule has 0 aromatic heterocycles. The van der Waals surface area contributed by atoms with Crippen LogP contribution >= 0.6 is 0 Å². The highest BCUT2D eigenvalue weighted by Gasteiger charge is 2.08. The average Bonchev–Trinajstić information content (AvgIpc) is 2.37. The molecule has 0 aliphatic heterocycles. The van der Waals surface area contributed by atoms with E-state index in [0.717, 1.165) is 11.3 Å². The Labute approximate surface area is 106 Å². The molecule has 2 aromatic carbocycles. The van der Waals surface area contributed by atoms with Crippen LogP contribution in [0.3, 0.4) is 0 Å². The molecule has 2 aromatic rings. The van der Waals surface area contributed by atoms with E-state index in [1.165, 1.54) is 12.1 Å². The third kappa shape index (κ3) is 3.08. The largest absolute Gasteiger partial charge is 0.387 e. The average molecular weight is 245 g/mol. The second kappa shape index (κ2) is 5.65. The summed E-state index contributed by atoms with van der Waals surface area (Å²) in [5.41, 5.74) is 2.67. The molecule has 1 atom stereocenters. The third-order valence-corrected chi connectivity index (χ3v) is 2.86. The van der Waals surface area contributed by atoms with Crippen LogP contribution in [0.1, 0.15) is 17.2 Å². The minimum absolute atomic E-state index is 0.331. The Balaban J connectivity index is 2.00. The van der Waals surface area contributed by atoms with Crippen molar-refractivity contribution < 1.29 is 9.50 Å². The Hall–Kier alpha value is -1.87. The van der Waals surface area contributed by atoms with Crippen molar-refractivity contribution in [3.05, 3.63) is 65.5 Å². The Bertz CT molecular complexity index is 527.